The quantitative estimate of drug-likeness (QED) is 0.687. The number of hydrogen-bond acceptors (Lipinski definition) is 1. The van der Waals surface area contributed by atoms with Gasteiger partial charge in [-0.15, -0.1) is 0 Å². The molecule has 0 aromatic heterocycles. The summed E-state index contributed by atoms with van der Waals surface area (Å²) in [5, 5.41) is 0. The molecule has 1 saturated carbocycles. The summed E-state index contributed by atoms with van der Waals surface area (Å²) in [6.07, 6.45) is 9.35. The Hall–Kier alpha value is -0.590. The number of carbonyl (C=O) groups is 1. The standard InChI is InChI=1S/C14H22O/c1-3-4-7-12-10(2)9-11-6-5-8-13(11)14(12)15/h8,10-12H,3-7,9H2,1-2H3/t10-,11?,12-/m1/s1. The average molecular weight is 206 g/mol. The molecule has 0 aromatic carbocycles. The molecule has 2 aliphatic rings. The van der Waals surface area contributed by atoms with E-state index >= 15 is 0 Å². The Morgan fingerprint density at radius 2 is 2.27 bits per heavy atom. The second-order valence-corrected chi connectivity index (χ2v) is 5.26. The molecule has 84 valence electrons. The Morgan fingerprint density at radius 3 is 3.00 bits per heavy atom. The van der Waals surface area contributed by atoms with Crippen molar-refractivity contribution in [2.45, 2.75) is 52.4 Å². The number of hydrogen-bond donors (Lipinski definition) is 0. The number of carbonyl (C=O) groups excluding carboxylic acids is 1. The molecule has 0 saturated heterocycles. The van der Waals surface area contributed by atoms with E-state index in [-0.39, 0.29) is 0 Å². The molecule has 0 aromatic rings. The third-order valence-electron chi connectivity index (χ3n) is 4.15. The molecule has 0 radical (unpaired) electrons. The Kier molecular flexibility index (Phi) is 3.28. The molecule has 1 nitrogen and oxygen atoms in total. The first-order valence-electron chi connectivity index (χ1n) is 6.48. The highest BCUT2D eigenvalue weighted by atomic mass is 16.1. The maximum absolute atomic E-state index is 12.3. The van der Waals surface area contributed by atoms with Gasteiger partial charge in [0.05, 0.1) is 0 Å². The predicted molar refractivity (Wildman–Crippen MR) is 62.6 cm³/mol. The fourth-order valence-electron chi connectivity index (χ4n) is 3.23. The van der Waals surface area contributed by atoms with Gasteiger partial charge in [0.25, 0.3) is 0 Å². The van der Waals surface area contributed by atoms with Crippen LogP contribution in [0.3, 0.4) is 0 Å². The smallest absolute Gasteiger partial charge is 0.162 e. The summed E-state index contributed by atoms with van der Waals surface area (Å²) < 4.78 is 0. The van der Waals surface area contributed by atoms with E-state index in [9.17, 15) is 4.79 Å². The van der Waals surface area contributed by atoms with Crippen molar-refractivity contribution < 1.29 is 4.79 Å². The van der Waals surface area contributed by atoms with E-state index in [1.807, 2.05) is 0 Å². The molecule has 1 unspecified atom stereocenters. The van der Waals surface area contributed by atoms with Crippen molar-refractivity contribution in [1.82, 2.24) is 0 Å². The van der Waals surface area contributed by atoms with Gasteiger partial charge in [-0.05, 0) is 43.1 Å². The lowest BCUT2D eigenvalue weighted by Crippen LogP contribution is -2.32. The van der Waals surface area contributed by atoms with Crippen LogP contribution < -0.4 is 0 Å². The van der Waals surface area contributed by atoms with Gasteiger partial charge in [-0.1, -0.05) is 32.8 Å². The molecule has 2 rings (SSSR count). The van der Waals surface area contributed by atoms with Crippen molar-refractivity contribution in [2.75, 3.05) is 0 Å². The van der Waals surface area contributed by atoms with Crippen LogP contribution in [-0.2, 0) is 4.79 Å². The number of allylic oxidation sites excluding steroid dienone is 2. The lowest BCUT2D eigenvalue weighted by Gasteiger charge is -2.33. The van der Waals surface area contributed by atoms with Crippen LogP contribution in [0, 0.1) is 17.8 Å². The van der Waals surface area contributed by atoms with E-state index in [4.69, 9.17) is 0 Å². The number of Topliss-reactive ketones (excluding diaryl/α,β-unsaturated/α-hetero) is 1. The van der Waals surface area contributed by atoms with Crippen LogP contribution >= 0.6 is 0 Å². The summed E-state index contributed by atoms with van der Waals surface area (Å²) in [5.74, 6) is 2.06. The van der Waals surface area contributed by atoms with Crippen molar-refractivity contribution in [1.29, 1.82) is 0 Å². The molecule has 1 fully saturated rings. The van der Waals surface area contributed by atoms with Crippen molar-refractivity contribution in [2.24, 2.45) is 17.8 Å². The van der Waals surface area contributed by atoms with Crippen LogP contribution in [0.5, 0.6) is 0 Å². The third kappa shape index (κ3) is 2.02. The monoisotopic (exact) mass is 206 g/mol. The Bertz CT molecular complexity index is 277. The zero-order valence-electron chi connectivity index (χ0n) is 9.96. The molecule has 15 heavy (non-hydrogen) atoms. The van der Waals surface area contributed by atoms with Crippen molar-refractivity contribution >= 4 is 5.78 Å². The first kappa shape index (κ1) is 10.9. The van der Waals surface area contributed by atoms with Gasteiger partial charge < -0.3 is 0 Å². The summed E-state index contributed by atoms with van der Waals surface area (Å²) >= 11 is 0. The number of rotatable bonds is 3. The van der Waals surface area contributed by atoms with Gasteiger partial charge in [-0.3, -0.25) is 4.79 Å². The highest BCUT2D eigenvalue weighted by Crippen LogP contribution is 2.42. The first-order valence-corrected chi connectivity index (χ1v) is 6.48. The molecular formula is C14H22O. The molecular weight excluding hydrogens is 184 g/mol. The van der Waals surface area contributed by atoms with Gasteiger partial charge in [0.1, 0.15) is 0 Å². The minimum atomic E-state index is 0.338. The van der Waals surface area contributed by atoms with Crippen molar-refractivity contribution in [3.05, 3.63) is 11.6 Å². The molecule has 0 bridgehead atoms. The summed E-state index contributed by atoms with van der Waals surface area (Å²) in [5.41, 5.74) is 1.19. The average Bonchev–Trinajstić information content (AvgIpc) is 2.65. The highest BCUT2D eigenvalue weighted by molar-refractivity contribution is 5.99. The van der Waals surface area contributed by atoms with Crippen LogP contribution in [0.4, 0.5) is 0 Å². The molecule has 2 aliphatic carbocycles. The van der Waals surface area contributed by atoms with E-state index in [0.717, 1.165) is 12.8 Å². The van der Waals surface area contributed by atoms with Gasteiger partial charge >= 0.3 is 0 Å². The fourth-order valence-corrected chi connectivity index (χ4v) is 3.23. The maximum Gasteiger partial charge on any atom is 0.162 e. The van der Waals surface area contributed by atoms with E-state index in [1.165, 1.54) is 31.3 Å². The normalized spacial score (nSPS) is 35.2. The number of ketones is 1. The summed E-state index contributed by atoms with van der Waals surface area (Å²) in [6.45, 7) is 4.48. The van der Waals surface area contributed by atoms with E-state index in [1.54, 1.807) is 0 Å². The van der Waals surface area contributed by atoms with Crippen LogP contribution in [-0.4, -0.2) is 5.78 Å². The third-order valence-corrected chi connectivity index (χ3v) is 4.15. The van der Waals surface area contributed by atoms with E-state index in [0.29, 0.717) is 23.5 Å². The topological polar surface area (TPSA) is 17.1 Å². The van der Waals surface area contributed by atoms with Gasteiger partial charge in [-0.2, -0.15) is 0 Å². The maximum atomic E-state index is 12.3. The Balaban J connectivity index is 2.07. The minimum Gasteiger partial charge on any atom is -0.294 e. The van der Waals surface area contributed by atoms with E-state index < -0.39 is 0 Å². The number of fused-ring (bicyclic) bond motifs is 1. The lowest BCUT2D eigenvalue weighted by molar-refractivity contribution is -0.123. The molecule has 3 atom stereocenters. The van der Waals surface area contributed by atoms with Crippen molar-refractivity contribution in [3.8, 4) is 0 Å². The van der Waals surface area contributed by atoms with Crippen LogP contribution in [0.25, 0.3) is 0 Å². The van der Waals surface area contributed by atoms with Crippen molar-refractivity contribution in [3.63, 3.8) is 0 Å². The Labute approximate surface area is 92.9 Å². The summed E-state index contributed by atoms with van der Waals surface area (Å²) in [4.78, 5) is 12.3. The zero-order valence-corrected chi connectivity index (χ0v) is 9.96. The zero-order chi connectivity index (χ0) is 10.8. The second kappa shape index (κ2) is 4.51. The highest BCUT2D eigenvalue weighted by Gasteiger charge is 2.38. The lowest BCUT2D eigenvalue weighted by atomic mass is 9.70. The summed E-state index contributed by atoms with van der Waals surface area (Å²) in [7, 11) is 0. The molecule has 0 heterocycles. The van der Waals surface area contributed by atoms with Crippen LogP contribution in [0.1, 0.15) is 52.4 Å². The van der Waals surface area contributed by atoms with Gasteiger partial charge in [0.2, 0.25) is 0 Å². The van der Waals surface area contributed by atoms with Gasteiger partial charge in [0.15, 0.2) is 5.78 Å². The SMILES string of the molecule is CCCC[C@H]1C(=O)C2=CCCC2C[C@H]1C. The largest absolute Gasteiger partial charge is 0.294 e. The second-order valence-electron chi connectivity index (χ2n) is 5.26. The molecule has 0 N–H and O–H groups in total. The molecule has 1 heteroatoms. The Morgan fingerprint density at radius 1 is 1.47 bits per heavy atom. The molecule has 0 amide bonds. The molecule has 0 aliphatic heterocycles. The summed E-state index contributed by atoms with van der Waals surface area (Å²) in [6, 6.07) is 0. The fraction of sp³-hybridized carbons (Fsp3) is 0.786. The van der Waals surface area contributed by atoms with Crippen LogP contribution in [0.15, 0.2) is 11.6 Å². The van der Waals surface area contributed by atoms with Gasteiger partial charge in [-0.25, -0.2) is 0 Å². The van der Waals surface area contributed by atoms with Crippen LogP contribution in [0.2, 0.25) is 0 Å². The molecule has 0 spiro atoms. The minimum absolute atomic E-state index is 0.338. The number of unbranched alkanes of at least 4 members (excludes halogenated alkanes) is 1. The van der Waals surface area contributed by atoms with Gasteiger partial charge in [0, 0.05) is 5.92 Å². The first-order chi connectivity index (χ1) is 7.24. The van der Waals surface area contributed by atoms with E-state index in [2.05, 4.69) is 19.9 Å². The predicted octanol–water partition coefficient (Wildman–Crippen LogP) is 3.74.